The summed E-state index contributed by atoms with van der Waals surface area (Å²) in [7, 11) is -6.63. The molecule has 3 N–H and O–H groups in total. The van der Waals surface area contributed by atoms with Crippen molar-refractivity contribution in [2.24, 2.45) is 10.7 Å². The molecule has 1 unspecified atom stereocenters. The van der Waals surface area contributed by atoms with Crippen LogP contribution < -0.4 is 16.0 Å². The zero-order valence-corrected chi connectivity index (χ0v) is 23.5. The summed E-state index contributed by atoms with van der Waals surface area (Å²) < 4.78 is 48.5. The Kier molecular flexibility index (Phi) is 7.65. The first-order chi connectivity index (χ1) is 18.6. The van der Waals surface area contributed by atoms with Gasteiger partial charge in [0.1, 0.15) is 21.0 Å². The van der Waals surface area contributed by atoms with Gasteiger partial charge in [-0.3, -0.25) is 0 Å². The molecule has 202 valence electrons. The Morgan fingerprint density at radius 3 is 2.41 bits per heavy atom. The van der Waals surface area contributed by atoms with Crippen molar-refractivity contribution in [1.29, 1.82) is 0 Å². The topological polar surface area (TPSA) is 135 Å². The summed E-state index contributed by atoms with van der Waals surface area (Å²) >= 11 is 1.50. The first-order valence-corrected chi connectivity index (χ1v) is 16.5. The lowest BCUT2D eigenvalue weighted by Crippen LogP contribution is -2.35. The molecule has 5 rings (SSSR count). The fourth-order valence-corrected chi connectivity index (χ4v) is 6.72. The average Bonchev–Trinajstić information content (AvgIpc) is 3.40. The van der Waals surface area contributed by atoms with Crippen molar-refractivity contribution >= 4 is 48.7 Å². The molecule has 12 heteroatoms. The van der Waals surface area contributed by atoms with Crippen LogP contribution in [0.4, 0.5) is 11.4 Å². The number of fused-ring (bicyclic) bond motifs is 1. The van der Waals surface area contributed by atoms with Gasteiger partial charge in [0.25, 0.3) is 0 Å². The first kappa shape index (κ1) is 27.2. The van der Waals surface area contributed by atoms with Crippen molar-refractivity contribution in [3.8, 4) is 11.3 Å². The van der Waals surface area contributed by atoms with E-state index in [2.05, 4.69) is 15.3 Å². The molecule has 0 fully saturated rings. The van der Waals surface area contributed by atoms with E-state index in [0.717, 1.165) is 27.5 Å². The summed E-state index contributed by atoms with van der Waals surface area (Å²) in [6, 6.07) is 20.7. The maximum Gasteiger partial charge on any atom is 0.206 e. The van der Waals surface area contributed by atoms with E-state index in [0.29, 0.717) is 18.8 Å². The van der Waals surface area contributed by atoms with Crippen LogP contribution in [0.25, 0.3) is 11.3 Å². The molecule has 3 aromatic carbocycles. The number of hydrogen-bond acceptors (Lipinski definition) is 10. The molecular weight excluding hydrogens is 555 g/mol. The summed E-state index contributed by atoms with van der Waals surface area (Å²) in [5, 5.41) is 5.92. The highest BCUT2D eigenvalue weighted by atomic mass is 32.2. The van der Waals surface area contributed by atoms with Gasteiger partial charge in [-0.2, -0.15) is 0 Å². The van der Waals surface area contributed by atoms with E-state index >= 15 is 0 Å². The molecule has 1 aromatic heterocycles. The summed E-state index contributed by atoms with van der Waals surface area (Å²) in [5.41, 5.74) is 10.6. The molecule has 1 atom stereocenters. The van der Waals surface area contributed by atoms with Crippen LogP contribution in [0.1, 0.15) is 16.7 Å². The number of benzene rings is 3. The SMILES string of the molecule is CS(=O)(=O)CCNCc1nc(-c2ccc3c(c2)C(N)N(c2ccc(S(=O)(=O)c4ccccc4)cc2)C=N3)cs1. The molecule has 0 saturated carbocycles. The number of aromatic nitrogens is 1. The molecule has 0 radical (unpaired) electrons. The van der Waals surface area contributed by atoms with E-state index in [-0.39, 0.29) is 15.5 Å². The minimum Gasteiger partial charge on any atom is -0.312 e. The number of hydrogen-bond donors (Lipinski definition) is 2. The summed E-state index contributed by atoms with van der Waals surface area (Å²) in [4.78, 5) is 11.5. The third kappa shape index (κ3) is 6.10. The van der Waals surface area contributed by atoms with E-state index in [1.165, 1.54) is 17.6 Å². The van der Waals surface area contributed by atoms with Crippen molar-refractivity contribution in [3.05, 3.63) is 88.7 Å². The molecular formula is C27H27N5O4S3. The Morgan fingerprint density at radius 1 is 0.974 bits per heavy atom. The third-order valence-corrected chi connectivity index (χ3v) is 9.82. The largest absolute Gasteiger partial charge is 0.312 e. The Balaban J connectivity index is 1.32. The lowest BCUT2D eigenvalue weighted by atomic mass is 10.0. The fraction of sp³-hybridized carbons (Fsp3) is 0.185. The highest BCUT2D eigenvalue weighted by Crippen LogP contribution is 2.36. The molecule has 9 nitrogen and oxygen atoms in total. The Morgan fingerprint density at radius 2 is 1.69 bits per heavy atom. The number of sulfone groups is 2. The quantitative estimate of drug-likeness (QED) is 0.284. The van der Waals surface area contributed by atoms with E-state index in [1.807, 2.05) is 23.6 Å². The second-order valence-corrected chi connectivity index (χ2v) is 14.3. The molecule has 1 aliphatic heterocycles. The summed E-state index contributed by atoms with van der Waals surface area (Å²) in [5.74, 6) is 0.0799. The lowest BCUT2D eigenvalue weighted by Gasteiger charge is -2.31. The maximum absolute atomic E-state index is 12.9. The van der Waals surface area contributed by atoms with Crippen LogP contribution >= 0.6 is 11.3 Å². The first-order valence-electron chi connectivity index (χ1n) is 12.1. The molecule has 4 aromatic rings. The number of nitrogens with zero attached hydrogens (tertiary/aromatic N) is 3. The van der Waals surface area contributed by atoms with E-state index in [1.54, 1.807) is 65.8 Å². The van der Waals surface area contributed by atoms with Gasteiger partial charge in [0.2, 0.25) is 9.84 Å². The number of aliphatic imine (C=N–C) groups is 1. The van der Waals surface area contributed by atoms with Gasteiger partial charge in [-0.05, 0) is 48.5 Å². The van der Waals surface area contributed by atoms with E-state index in [9.17, 15) is 16.8 Å². The van der Waals surface area contributed by atoms with Crippen molar-refractivity contribution in [2.75, 3.05) is 23.5 Å². The zero-order chi connectivity index (χ0) is 27.6. The third-order valence-electron chi connectivity index (χ3n) is 6.24. The minimum atomic E-state index is -3.62. The molecule has 0 bridgehead atoms. The van der Waals surface area contributed by atoms with Crippen LogP contribution in [0.15, 0.2) is 93.0 Å². The molecule has 2 heterocycles. The number of nitrogens with two attached hydrogens (primary N) is 1. The van der Waals surface area contributed by atoms with Crippen molar-refractivity contribution < 1.29 is 16.8 Å². The summed E-state index contributed by atoms with van der Waals surface area (Å²) in [6.07, 6.45) is 2.33. The van der Waals surface area contributed by atoms with Crippen LogP contribution in [0.2, 0.25) is 0 Å². The summed E-state index contributed by atoms with van der Waals surface area (Å²) in [6.45, 7) is 0.854. The second kappa shape index (κ2) is 11.0. The maximum atomic E-state index is 12.9. The van der Waals surface area contributed by atoms with Gasteiger partial charge in [-0.25, -0.2) is 26.8 Å². The number of thiazole rings is 1. The van der Waals surface area contributed by atoms with Gasteiger partial charge in [-0.1, -0.05) is 24.3 Å². The molecule has 0 aliphatic carbocycles. The van der Waals surface area contributed by atoms with Crippen molar-refractivity contribution in [2.45, 2.75) is 22.5 Å². The van der Waals surface area contributed by atoms with Gasteiger partial charge < -0.3 is 16.0 Å². The molecule has 1 aliphatic rings. The Labute approximate surface area is 231 Å². The predicted octanol–water partition coefficient (Wildman–Crippen LogP) is 3.91. The van der Waals surface area contributed by atoms with Gasteiger partial charge in [0, 0.05) is 41.5 Å². The normalized spacial score (nSPS) is 15.3. The highest BCUT2D eigenvalue weighted by molar-refractivity contribution is 7.91. The smallest absolute Gasteiger partial charge is 0.206 e. The molecule has 39 heavy (non-hydrogen) atoms. The predicted molar refractivity (Wildman–Crippen MR) is 155 cm³/mol. The van der Waals surface area contributed by atoms with Crippen molar-refractivity contribution in [1.82, 2.24) is 10.3 Å². The standard InChI is InChI=1S/C27H27N5O4S3/c1-38(33,34)14-13-29-16-26-31-25(17-37-26)19-7-12-24-23(15-19)27(28)32(18-30-24)20-8-10-22(11-9-20)39(35,36)21-5-3-2-4-6-21/h2-12,15,17-18,27,29H,13-14,16,28H2,1H3. The fourth-order valence-electron chi connectivity index (χ4n) is 4.15. The Hall–Kier alpha value is -3.42. The van der Waals surface area contributed by atoms with Gasteiger partial charge >= 0.3 is 0 Å². The molecule has 0 amide bonds. The number of nitrogens with one attached hydrogen (secondary N) is 1. The zero-order valence-electron chi connectivity index (χ0n) is 21.1. The van der Waals surface area contributed by atoms with Crippen LogP contribution in [-0.4, -0.2) is 46.7 Å². The minimum absolute atomic E-state index is 0.0799. The van der Waals surface area contributed by atoms with Gasteiger partial charge in [0.05, 0.1) is 33.3 Å². The Bertz CT molecular complexity index is 1720. The molecule has 0 saturated heterocycles. The number of anilines is 1. The van der Waals surface area contributed by atoms with Gasteiger partial charge in [-0.15, -0.1) is 11.3 Å². The van der Waals surface area contributed by atoms with Crippen LogP contribution in [0.3, 0.4) is 0 Å². The lowest BCUT2D eigenvalue weighted by molar-refractivity contribution is 0.594. The molecule has 0 spiro atoms. The second-order valence-electron chi connectivity index (χ2n) is 9.11. The van der Waals surface area contributed by atoms with Gasteiger partial charge in [0.15, 0.2) is 0 Å². The average molecular weight is 582 g/mol. The number of rotatable bonds is 9. The highest BCUT2D eigenvalue weighted by Gasteiger charge is 2.24. The van der Waals surface area contributed by atoms with Crippen LogP contribution in [0, 0.1) is 0 Å². The van der Waals surface area contributed by atoms with Crippen LogP contribution in [-0.2, 0) is 26.2 Å². The van der Waals surface area contributed by atoms with E-state index < -0.39 is 25.8 Å². The van der Waals surface area contributed by atoms with Crippen molar-refractivity contribution in [3.63, 3.8) is 0 Å². The van der Waals surface area contributed by atoms with E-state index in [4.69, 9.17) is 5.73 Å². The van der Waals surface area contributed by atoms with Crippen LogP contribution in [0.5, 0.6) is 0 Å². The monoisotopic (exact) mass is 581 g/mol.